The fourth-order valence-corrected chi connectivity index (χ4v) is 5.05. The van der Waals surface area contributed by atoms with E-state index in [0.29, 0.717) is 60.2 Å². The first-order chi connectivity index (χ1) is 21.1. The second-order valence-electron chi connectivity index (χ2n) is 11.6. The van der Waals surface area contributed by atoms with Crippen molar-refractivity contribution in [3.8, 4) is 17.2 Å². The van der Waals surface area contributed by atoms with Crippen molar-refractivity contribution in [2.24, 2.45) is 0 Å². The van der Waals surface area contributed by atoms with E-state index in [1.54, 1.807) is 55.5 Å². The number of hydrogen-bond acceptors (Lipinski definition) is 9. The normalized spacial score (nSPS) is 15.1. The first-order valence-corrected chi connectivity index (χ1v) is 14.8. The highest BCUT2D eigenvalue weighted by Gasteiger charge is 2.29. The molecule has 1 aliphatic heterocycles. The highest BCUT2D eigenvalue weighted by Crippen LogP contribution is 2.35. The Labute approximate surface area is 257 Å². The van der Waals surface area contributed by atoms with E-state index in [0.717, 1.165) is 24.2 Å². The number of rotatable bonds is 9. The lowest BCUT2D eigenvalue weighted by Gasteiger charge is -2.34. The molecule has 1 unspecified atom stereocenters. The van der Waals surface area contributed by atoms with Crippen LogP contribution in [-0.4, -0.2) is 70.2 Å². The Morgan fingerprint density at radius 2 is 1.75 bits per heavy atom. The lowest BCUT2D eigenvalue weighted by Crippen LogP contribution is -2.47. The molecule has 5 rings (SSSR count). The first-order valence-electron chi connectivity index (χ1n) is 14.8. The first kappa shape index (κ1) is 30.7. The standard InChI is InChI=1S/C33H39N5O6/c1-6-42-31(39)23-11-15-26(16-12-23)43-27-17-18-34-30-28(27)29(36-38(30)20-22-9-13-25(41-5)14-10-22)35-24-8-7-19-37(21-24)32(40)44-33(2,3)4/h9-18,24H,6-8,19-21H2,1-5H3,(H,35,36). The minimum absolute atomic E-state index is 0.0549. The molecule has 3 heterocycles. The number of carbonyl (C=O) groups excluding carboxylic acids is 2. The van der Waals surface area contributed by atoms with Crippen molar-refractivity contribution in [2.75, 3.05) is 32.1 Å². The number of pyridine rings is 1. The van der Waals surface area contributed by atoms with Crippen molar-refractivity contribution < 1.29 is 28.5 Å². The zero-order valence-corrected chi connectivity index (χ0v) is 25.8. The van der Waals surface area contributed by atoms with Crippen molar-refractivity contribution in [3.63, 3.8) is 0 Å². The molecule has 1 N–H and O–H groups in total. The zero-order chi connectivity index (χ0) is 31.3. The Kier molecular flexibility index (Phi) is 9.22. The van der Waals surface area contributed by atoms with Crippen LogP contribution in [0.2, 0.25) is 0 Å². The van der Waals surface area contributed by atoms with Crippen LogP contribution in [0.3, 0.4) is 0 Å². The third kappa shape index (κ3) is 7.39. The van der Waals surface area contributed by atoms with Crippen LogP contribution in [0.4, 0.5) is 10.6 Å². The number of nitrogens with zero attached hydrogens (tertiary/aromatic N) is 4. The summed E-state index contributed by atoms with van der Waals surface area (Å²) in [7, 11) is 1.64. The van der Waals surface area contributed by atoms with Gasteiger partial charge in [0.1, 0.15) is 28.2 Å². The fourth-order valence-electron chi connectivity index (χ4n) is 5.05. The summed E-state index contributed by atoms with van der Waals surface area (Å²) in [5.41, 5.74) is 1.54. The number of fused-ring (bicyclic) bond motifs is 1. The van der Waals surface area contributed by atoms with Crippen LogP contribution in [0.25, 0.3) is 11.0 Å². The van der Waals surface area contributed by atoms with Gasteiger partial charge in [-0.3, -0.25) is 0 Å². The summed E-state index contributed by atoms with van der Waals surface area (Å²) >= 11 is 0. The van der Waals surface area contributed by atoms with Crippen LogP contribution < -0.4 is 14.8 Å². The molecule has 0 spiro atoms. The minimum Gasteiger partial charge on any atom is -0.497 e. The molecule has 0 radical (unpaired) electrons. The smallest absolute Gasteiger partial charge is 0.410 e. The SMILES string of the molecule is CCOC(=O)c1ccc(Oc2ccnc3c2c(NC2CCCN(C(=O)OC(C)(C)C)C2)nn3Cc2ccc(OC)cc2)cc1. The Bertz CT molecular complexity index is 1590. The van der Waals surface area contributed by atoms with Crippen molar-refractivity contribution in [1.29, 1.82) is 0 Å². The Morgan fingerprint density at radius 3 is 2.43 bits per heavy atom. The molecule has 11 heteroatoms. The van der Waals surface area contributed by atoms with E-state index >= 15 is 0 Å². The average molecular weight is 602 g/mol. The second kappa shape index (κ2) is 13.2. The number of carbonyl (C=O) groups is 2. The lowest BCUT2D eigenvalue weighted by molar-refractivity contribution is 0.0206. The quantitative estimate of drug-likeness (QED) is 0.222. The predicted molar refractivity (Wildman–Crippen MR) is 167 cm³/mol. The minimum atomic E-state index is -0.569. The van der Waals surface area contributed by atoms with Crippen molar-refractivity contribution >= 4 is 28.9 Å². The molecule has 11 nitrogen and oxygen atoms in total. The van der Waals surface area contributed by atoms with Gasteiger partial charge in [-0.25, -0.2) is 19.3 Å². The van der Waals surface area contributed by atoms with Crippen LogP contribution in [0.15, 0.2) is 60.8 Å². The van der Waals surface area contributed by atoms with E-state index in [9.17, 15) is 9.59 Å². The van der Waals surface area contributed by atoms with Crippen molar-refractivity contribution in [2.45, 2.75) is 58.7 Å². The highest BCUT2D eigenvalue weighted by molar-refractivity contribution is 5.94. The van der Waals surface area contributed by atoms with Crippen LogP contribution in [0.5, 0.6) is 17.2 Å². The summed E-state index contributed by atoms with van der Waals surface area (Å²) in [5.74, 6) is 2.10. The van der Waals surface area contributed by atoms with Gasteiger partial charge in [0.05, 0.1) is 25.8 Å². The molecule has 2 aromatic heterocycles. The summed E-state index contributed by atoms with van der Waals surface area (Å²) in [4.78, 5) is 31.4. The number of amides is 1. The number of ether oxygens (including phenoxy) is 4. The van der Waals surface area contributed by atoms with E-state index < -0.39 is 5.60 Å². The molecule has 4 aromatic rings. The number of piperidine rings is 1. The third-order valence-electron chi connectivity index (χ3n) is 7.09. The van der Waals surface area contributed by atoms with Gasteiger partial charge in [0.2, 0.25) is 0 Å². The average Bonchev–Trinajstić information content (AvgIpc) is 3.34. The van der Waals surface area contributed by atoms with Gasteiger partial charge in [-0.2, -0.15) is 5.10 Å². The van der Waals surface area contributed by atoms with Crippen LogP contribution in [0, 0.1) is 0 Å². The largest absolute Gasteiger partial charge is 0.497 e. The second-order valence-corrected chi connectivity index (χ2v) is 11.6. The van der Waals surface area contributed by atoms with E-state index in [2.05, 4.69) is 10.3 Å². The summed E-state index contributed by atoms with van der Waals surface area (Å²) in [6.07, 6.45) is 3.05. The molecule has 1 atom stereocenters. The molecule has 232 valence electrons. The van der Waals surface area contributed by atoms with E-state index in [1.807, 2.05) is 49.7 Å². The third-order valence-corrected chi connectivity index (χ3v) is 7.09. The number of esters is 1. The topological polar surface area (TPSA) is 117 Å². The Balaban J connectivity index is 1.45. The maximum atomic E-state index is 12.8. The summed E-state index contributed by atoms with van der Waals surface area (Å²) in [6.45, 7) is 9.26. The monoisotopic (exact) mass is 601 g/mol. The molecule has 0 bridgehead atoms. The van der Waals surface area contributed by atoms with Crippen LogP contribution in [-0.2, 0) is 16.0 Å². The van der Waals surface area contributed by atoms with Gasteiger partial charge in [-0.1, -0.05) is 12.1 Å². The van der Waals surface area contributed by atoms with Crippen LogP contribution in [0.1, 0.15) is 56.5 Å². The summed E-state index contributed by atoms with van der Waals surface area (Å²) in [6, 6.07) is 16.3. The van der Waals surface area contributed by atoms with Gasteiger partial charge >= 0.3 is 12.1 Å². The van der Waals surface area contributed by atoms with E-state index in [4.69, 9.17) is 24.0 Å². The number of benzene rings is 2. The number of likely N-dealkylation sites (tertiary alicyclic amines) is 1. The number of hydrogen-bond donors (Lipinski definition) is 1. The van der Waals surface area contributed by atoms with Gasteiger partial charge < -0.3 is 29.2 Å². The highest BCUT2D eigenvalue weighted by atomic mass is 16.6. The maximum absolute atomic E-state index is 12.8. The molecule has 1 aliphatic rings. The molecule has 0 aliphatic carbocycles. The summed E-state index contributed by atoms with van der Waals surface area (Å²) in [5, 5.41) is 9.24. The molecular formula is C33H39N5O6. The zero-order valence-electron chi connectivity index (χ0n) is 25.8. The number of methoxy groups -OCH3 is 1. The van der Waals surface area contributed by atoms with Crippen molar-refractivity contribution in [3.05, 3.63) is 71.9 Å². The molecule has 44 heavy (non-hydrogen) atoms. The molecule has 1 saturated heterocycles. The number of nitrogens with one attached hydrogen (secondary N) is 1. The molecule has 2 aromatic carbocycles. The Hall–Kier alpha value is -4.80. The van der Waals surface area contributed by atoms with Gasteiger partial charge in [-0.05, 0) is 82.5 Å². The maximum Gasteiger partial charge on any atom is 0.410 e. The van der Waals surface area contributed by atoms with E-state index in [-0.39, 0.29) is 18.1 Å². The molecule has 0 saturated carbocycles. The van der Waals surface area contributed by atoms with Gasteiger partial charge in [0.15, 0.2) is 11.5 Å². The predicted octanol–water partition coefficient (Wildman–Crippen LogP) is 6.27. The number of aromatic nitrogens is 3. The van der Waals surface area contributed by atoms with E-state index in [1.165, 1.54) is 0 Å². The molecule has 1 amide bonds. The molecule has 1 fully saturated rings. The Morgan fingerprint density at radius 1 is 1.02 bits per heavy atom. The van der Waals surface area contributed by atoms with Crippen LogP contribution >= 0.6 is 0 Å². The lowest BCUT2D eigenvalue weighted by atomic mass is 10.1. The summed E-state index contributed by atoms with van der Waals surface area (Å²) < 4.78 is 24.2. The number of anilines is 1. The van der Waals surface area contributed by atoms with Crippen molar-refractivity contribution in [1.82, 2.24) is 19.7 Å². The molecular weight excluding hydrogens is 562 g/mol. The van der Waals surface area contributed by atoms with Gasteiger partial charge in [0, 0.05) is 31.4 Å². The van der Waals surface area contributed by atoms with Gasteiger partial charge in [0.25, 0.3) is 0 Å². The van der Waals surface area contributed by atoms with Gasteiger partial charge in [-0.15, -0.1) is 0 Å². The fraction of sp³-hybridized carbons (Fsp3) is 0.394.